The molecule has 27 heavy (non-hydrogen) atoms. The van der Waals surface area contributed by atoms with Crippen molar-refractivity contribution < 1.29 is 13.2 Å². The lowest BCUT2D eigenvalue weighted by Gasteiger charge is -2.37. The summed E-state index contributed by atoms with van der Waals surface area (Å²) < 4.78 is 27.5. The van der Waals surface area contributed by atoms with Crippen LogP contribution < -0.4 is 9.62 Å². The maximum absolute atomic E-state index is 12.7. The van der Waals surface area contributed by atoms with Crippen molar-refractivity contribution in [3.05, 3.63) is 60.2 Å². The first kappa shape index (κ1) is 19.4. The topological polar surface area (TPSA) is 69.7 Å². The molecule has 2 aromatic rings. The third-order valence-corrected chi connectivity index (χ3v) is 6.30. The highest BCUT2D eigenvalue weighted by Gasteiger charge is 2.28. The average molecular weight is 388 g/mol. The highest BCUT2D eigenvalue weighted by atomic mass is 32.2. The third-order valence-electron chi connectivity index (χ3n) is 4.75. The fourth-order valence-electron chi connectivity index (χ4n) is 3.17. The molecule has 0 unspecified atom stereocenters. The van der Waals surface area contributed by atoms with Gasteiger partial charge in [0.15, 0.2) is 0 Å². The van der Waals surface area contributed by atoms with Crippen LogP contribution >= 0.6 is 0 Å². The van der Waals surface area contributed by atoms with Crippen LogP contribution in [0.5, 0.6) is 0 Å². The van der Waals surface area contributed by atoms with Crippen molar-refractivity contribution >= 4 is 21.6 Å². The Labute approximate surface area is 160 Å². The number of para-hydroxylation sites is 1. The second-order valence-corrected chi connectivity index (χ2v) is 8.52. The molecule has 1 saturated heterocycles. The van der Waals surface area contributed by atoms with Crippen LogP contribution in [-0.2, 0) is 14.8 Å². The Morgan fingerprint density at radius 3 is 2.15 bits per heavy atom. The molecule has 1 N–H and O–H groups in total. The van der Waals surface area contributed by atoms with E-state index in [-0.39, 0.29) is 10.8 Å². The molecule has 0 aromatic heterocycles. The number of amides is 1. The van der Waals surface area contributed by atoms with Crippen LogP contribution in [0.3, 0.4) is 0 Å². The minimum Gasteiger partial charge on any atom is -0.368 e. The van der Waals surface area contributed by atoms with Crippen molar-refractivity contribution in [2.24, 2.45) is 0 Å². The number of benzene rings is 2. The van der Waals surface area contributed by atoms with Crippen LogP contribution in [0.4, 0.5) is 5.69 Å². The van der Waals surface area contributed by atoms with Gasteiger partial charge in [0, 0.05) is 31.9 Å². The number of hydrogen-bond donors (Lipinski definition) is 1. The Kier molecular flexibility index (Phi) is 5.82. The molecule has 1 aliphatic rings. The zero-order valence-corrected chi connectivity index (χ0v) is 16.4. The third kappa shape index (κ3) is 4.67. The first-order valence-corrected chi connectivity index (χ1v) is 10.5. The minimum absolute atomic E-state index is 0.168. The van der Waals surface area contributed by atoms with Gasteiger partial charge in [-0.15, -0.1) is 0 Å². The van der Waals surface area contributed by atoms with Crippen LogP contribution in [0, 0.1) is 6.92 Å². The van der Waals surface area contributed by atoms with Crippen molar-refractivity contribution in [2.45, 2.75) is 24.8 Å². The van der Waals surface area contributed by atoms with Crippen LogP contribution in [0.1, 0.15) is 12.5 Å². The van der Waals surface area contributed by atoms with Gasteiger partial charge in [-0.25, -0.2) is 8.42 Å². The largest absolute Gasteiger partial charge is 0.368 e. The summed E-state index contributed by atoms with van der Waals surface area (Å²) in [6.07, 6.45) is 0. The van der Waals surface area contributed by atoms with E-state index in [1.165, 1.54) is 0 Å². The molecular weight excluding hydrogens is 362 g/mol. The molecule has 1 amide bonds. The van der Waals surface area contributed by atoms with Gasteiger partial charge in [-0.05, 0) is 38.1 Å². The van der Waals surface area contributed by atoms with Gasteiger partial charge in [0.25, 0.3) is 0 Å². The highest BCUT2D eigenvalue weighted by Crippen LogP contribution is 2.16. The van der Waals surface area contributed by atoms with E-state index in [2.05, 4.69) is 21.8 Å². The summed E-state index contributed by atoms with van der Waals surface area (Å²) >= 11 is 0. The predicted molar refractivity (Wildman–Crippen MR) is 106 cm³/mol. The van der Waals surface area contributed by atoms with Gasteiger partial charge in [0.2, 0.25) is 15.9 Å². The summed E-state index contributed by atoms with van der Waals surface area (Å²) in [5, 5.41) is 0. The van der Waals surface area contributed by atoms with E-state index in [9.17, 15) is 13.2 Å². The van der Waals surface area contributed by atoms with Gasteiger partial charge in [0.1, 0.15) is 0 Å². The van der Waals surface area contributed by atoms with E-state index in [1.54, 1.807) is 36.1 Å². The van der Waals surface area contributed by atoms with Gasteiger partial charge in [-0.3, -0.25) is 4.79 Å². The first-order chi connectivity index (χ1) is 12.9. The van der Waals surface area contributed by atoms with E-state index in [4.69, 9.17) is 0 Å². The summed E-state index contributed by atoms with van der Waals surface area (Å²) in [6, 6.07) is 15.8. The quantitative estimate of drug-likeness (QED) is 0.852. The molecule has 0 radical (unpaired) electrons. The number of hydrogen-bond acceptors (Lipinski definition) is 4. The van der Waals surface area contributed by atoms with Crippen LogP contribution in [0.15, 0.2) is 59.5 Å². The summed E-state index contributed by atoms with van der Waals surface area (Å²) in [6.45, 7) is 6.09. The fourth-order valence-corrected chi connectivity index (χ4v) is 4.36. The Balaban J connectivity index is 1.59. The number of piperazine rings is 1. The average Bonchev–Trinajstić information content (AvgIpc) is 2.68. The highest BCUT2D eigenvalue weighted by molar-refractivity contribution is 7.89. The van der Waals surface area contributed by atoms with Crippen LogP contribution in [0.25, 0.3) is 0 Å². The normalized spacial score (nSPS) is 16.2. The predicted octanol–water partition coefficient (Wildman–Crippen LogP) is 2.01. The van der Waals surface area contributed by atoms with E-state index in [1.807, 2.05) is 25.1 Å². The standard InChI is InChI=1S/C20H25N3O3S/c1-16-8-10-19(11-9-16)27(25,26)21-17(2)20(24)23-14-12-22(13-15-23)18-6-4-3-5-7-18/h3-11,17,21H,12-15H2,1-2H3/t17-/m1/s1. The van der Waals surface area contributed by atoms with Crippen molar-refractivity contribution in [3.63, 3.8) is 0 Å². The molecule has 2 aromatic carbocycles. The van der Waals surface area contributed by atoms with Gasteiger partial charge < -0.3 is 9.80 Å². The van der Waals surface area contributed by atoms with Crippen molar-refractivity contribution in [1.29, 1.82) is 0 Å². The first-order valence-electron chi connectivity index (χ1n) is 9.04. The van der Waals surface area contributed by atoms with E-state index in [0.717, 1.165) is 24.3 Å². The minimum atomic E-state index is -3.72. The lowest BCUT2D eigenvalue weighted by molar-refractivity contribution is -0.132. The number of nitrogens with one attached hydrogen (secondary N) is 1. The Morgan fingerprint density at radius 1 is 0.963 bits per heavy atom. The molecule has 1 heterocycles. The summed E-state index contributed by atoms with van der Waals surface area (Å²) in [7, 11) is -3.72. The number of anilines is 1. The molecule has 1 atom stereocenters. The lowest BCUT2D eigenvalue weighted by atomic mass is 10.2. The van der Waals surface area contributed by atoms with Crippen molar-refractivity contribution in [1.82, 2.24) is 9.62 Å². The maximum atomic E-state index is 12.7. The second-order valence-electron chi connectivity index (χ2n) is 6.80. The second kappa shape index (κ2) is 8.10. The van der Waals surface area contributed by atoms with Crippen LogP contribution in [0.2, 0.25) is 0 Å². The van der Waals surface area contributed by atoms with Gasteiger partial charge in [-0.1, -0.05) is 35.9 Å². The molecule has 0 aliphatic carbocycles. The van der Waals surface area contributed by atoms with Gasteiger partial charge >= 0.3 is 0 Å². The van der Waals surface area contributed by atoms with Crippen molar-refractivity contribution in [3.8, 4) is 0 Å². The zero-order chi connectivity index (χ0) is 19.4. The van der Waals surface area contributed by atoms with Crippen LogP contribution in [-0.4, -0.2) is 51.4 Å². The summed E-state index contributed by atoms with van der Waals surface area (Å²) in [4.78, 5) is 16.8. The Hall–Kier alpha value is -2.38. The number of carbonyl (C=O) groups excluding carboxylic acids is 1. The van der Waals surface area contributed by atoms with Crippen molar-refractivity contribution in [2.75, 3.05) is 31.1 Å². The summed E-state index contributed by atoms with van der Waals surface area (Å²) in [5.74, 6) is -0.196. The molecule has 6 nitrogen and oxygen atoms in total. The zero-order valence-electron chi connectivity index (χ0n) is 15.6. The lowest BCUT2D eigenvalue weighted by Crippen LogP contribution is -2.54. The monoisotopic (exact) mass is 387 g/mol. The molecular formula is C20H25N3O3S. The number of sulfonamides is 1. The molecule has 144 valence electrons. The summed E-state index contributed by atoms with van der Waals surface area (Å²) in [5.41, 5.74) is 2.12. The Morgan fingerprint density at radius 2 is 1.56 bits per heavy atom. The molecule has 0 saturated carbocycles. The van der Waals surface area contributed by atoms with E-state index in [0.29, 0.717) is 13.1 Å². The molecule has 1 fully saturated rings. The Bertz CT molecular complexity index is 874. The molecule has 0 spiro atoms. The number of nitrogens with zero attached hydrogens (tertiary/aromatic N) is 2. The molecule has 7 heteroatoms. The maximum Gasteiger partial charge on any atom is 0.241 e. The molecule has 1 aliphatic heterocycles. The number of carbonyl (C=O) groups is 1. The molecule has 3 rings (SSSR count). The number of rotatable bonds is 5. The molecule has 0 bridgehead atoms. The number of aryl methyl sites for hydroxylation is 1. The van der Waals surface area contributed by atoms with E-state index < -0.39 is 16.1 Å². The SMILES string of the molecule is Cc1ccc(S(=O)(=O)N[C@H](C)C(=O)N2CCN(c3ccccc3)CC2)cc1. The van der Waals surface area contributed by atoms with E-state index >= 15 is 0 Å². The smallest absolute Gasteiger partial charge is 0.241 e. The van der Waals surface area contributed by atoms with Gasteiger partial charge in [0.05, 0.1) is 10.9 Å². The fraction of sp³-hybridized carbons (Fsp3) is 0.350. The van der Waals surface area contributed by atoms with Gasteiger partial charge in [-0.2, -0.15) is 4.72 Å².